The second-order valence-corrected chi connectivity index (χ2v) is 18.8. The first-order chi connectivity index (χ1) is 18.6. The first-order valence-electron chi connectivity index (χ1n) is 13.6. The van der Waals surface area contributed by atoms with Crippen molar-refractivity contribution in [1.29, 1.82) is 0 Å². The number of alkyl halides is 1. The smallest absolute Gasteiger partial charge is 0.261 e. The summed E-state index contributed by atoms with van der Waals surface area (Å²) in [5.41, 5.74) is 1.03. The number of rotatable bonds is 8. The van der Waals surface area contributed by atoms with E-state index in [1.165, 1.54) is 10.4 Å². The Labute approximate surface area is 248 Å². The molecule has 3 aromatic carbocycles. The van der Waals surface area contributed by atoms with Gasteiger partial charge in [0.2, 0.25) is 10.0 Å². The third-order valence-corrected chi connectivity index (χ3v) is 16.1. The maximum Gasteiger partial charge on any atom is 0.261 e. The Morgan fingerprint density at radius 2 is 1.49 bits per heavy atom. The number of fused-ring (bicyclic) bond motifs is 1. The molecule has 0 radical (unpaired) electrons. The first-order valence-corrected chi connectivity index (χ1v) is 18.5. The van der Waals surface area contributed by atoms with Crippen molar-refractivity contribution in [3.8, 4) is 0 Å². The molecule has 2 aliphatic rings. The van der Waals surface area contributed by atoms with Crippen molar-refractivity contribution < 1.29 is 17.6 Å². The highest BCUT2D eigenvalue weighted by Crippen LogP contribution is 2.45. The van der Waals surface area contributed by atoms with Gasteiger partial charge in [0, 0.05) is 10.3 Å². The van der Waals surface area contributed by atoms with Crippen molar-refractivity contribution in [3.05, 3.63) is 90.5 Å². The van der Waals surface area contributed by atoms with Crippen LogP contribution in [-0.4, -0.2) is 50.4 Å². The van der Waals surface area contributed by atoms with Crippen LogP contribution < -0.4 is 10.4 Å². The fraction of sp³-hybridized carbons (Fsp3) is 0.419. The fourth-order valence-corrected chi connectivity index (χ4v) is 13.3. The van der Waals surface area contributed by atoms with E-state index in [-0.39, 0.29) is 23.1 Å². The molecule has 4 atom stereocenters. The number of ether oxygens (including phenoxy) is 1. The summed E-state index contributed by atoms with van der Waals surface area (Å²) >= 11 is 2.34. The van der Waals surface area contributed by atoms with Gasteiger partial charge in [-0.2, -0.15) is 4.31 Å². The Kier molecular flexibility index (Phi) is 8.44. The number of hydrogen-bond donors (Lipinski definition) is 0. The lowest BCUT2D eigenvalue weighted by atomic mass is 10.0. The van der Waals surface area contributed by atoms with Crippen molar-refractivity contribution in [2.45, 2.75) is 68.8 Å². The molecule has 39 heavy (non-hydrogen) atoms. The van der Waals surface area contributed by atoms with Crippen LogP contribution in [0.2, 0.25) is 5.04 Å². The van der Waals surface area contributed by atoms with Crippen LogP contribution >= 0.6 is 22.6 Å². The Balaban J connectivity index is 1.55. The van der Waals surface area contributed by atoms with Crippen LogP contribution in [0.1, 0.15) is 39.2 Å². The predicted molar refractivity (Wildman–Crippen MR) is 168 cm³/mol. The van der Waals surface area contributed by atoms with Crippen LogP contribution in [0.4, 0.5) is 0 Å². The zero-order valence-corrected chi connectivity index (χ0v) is 27.1. The summed E-state index contributed by atoms with van der Waals surface area (Å²) in [5, 5.41) is 2.19. The van der Waals surface area contributed by atoms with Gasteiger partial charge in [-0.1, -0.05) is 122 Å². The van der Waals surface area contributed by atoms with E-state index in [0.29, 0.717) is 11.5 Å². The van der Waals surface area contributed by atoms with Crippen molar-refractivity contribution in [2.24, 2.45) is 5.92 Å². The summed E-state index contributed by atoms with van der Waals surface area (Å²) in [4.78, 5) is 0.311. The number of sulfonamides is 1. The predicted octanol–water partition coefficient (Wildman–Crippen LogP) is 5.50. The van der Waals surface area contributed by atoms with Gasteiger partial charge in [0.1, 0.15) is 6.23 Å². The lowest BCUT2D eigenvalue weighted by molar-refractivity contribution is -0.0129. The van der Waals surface area contributed by atoms with Crippen molar-refractivity contribution in [1.82, 2.24) is 4.31 Å². The van der Waals surface area contributed by atoms with E-state index in [2.05, 4.69) is 91.9 Å². The summed E-state index contributed by atoms with van der Waals surface area (Å²) in [5.74, 6) is 0.165. The number of nitrogens with zero attached hydrogens (tertiary/aromatic N) is 1. The largest absolute Gasteiger partial charge is 0.406 e. The molecule has 208 valence electrons. The third kappa shape index (κ3) is 5.40. The highest BCUT2D eigenvalue weighted by Gasteiger charge is 2.55. The number of hydrogen-bond acceptors (Lipinski definition) is 4. The molecule has 5 nitrogen and oxygen atoms in total. The molecule has 2 fully saturated rings. The molecule has 0 spiro atoms. The molecule has 2 saturated heterocycles. The monoisotopic (exact) mass is 675 g/mol. The van der Waals surface area contributed by atoms with Gasteiger partial charge in [-0.25, -0.2) is 8.42 Å². The van der Waals surface area contributed by atoms with Gasteiger partial charge in [0.15, 0.2) is 0 Å². The quantitative estimate of drug-likeness (QED) is 0.180. The van der Waals surface area contributed by atoms with Gasteiger partial charge in [-0.3, -0.25) is 0 Å². The summed E-state index contributed by atoms with van der Waals surface area (Å²) < 4.78 is 44.4. The molecule has 0 N–H and O–H groups in total. The van der Waals surface area contributed by atoms with Gasteiger partial charge in [0.05, 0.1) is 23.6 Å². The summed E-state index contributed by atoms with van der Waals surface area (Å²) in [6.45, 7) is 9.03. The number of aryl methyl sites for hydroxylation is 1. The standard InChI is InChI=1S/C31H38INO4SSi/c1-23-15-17-27(18-16-23)38(34,35)33-25(19-24-20-26(21-32)37-30(24)33)22-36-39(31(2,3)4,28-11-7-5-8-12-28)29-13-9-6-10-14-29/h5-18,24-26,30H,19-22H2,1-4H3/t24-,25-,26-,30+/m0/s1. The first kappa shape index (κ1) is 28.9. The van der Waals surface area contributed by atoms with Crippen LogP contribution in [0, 0.1) is 12.8 Å². The third-order valence-electron chi connectivity index (χ3n) is 8.16. The molecule has 0 aliphatic carbocycles. The van der Waals surface area contributed by atoms with E-state index in [9.17, 15) is 8.42 Å². The van der Waals surface area contributed by atoms with Crippen LogP contribution in [-0.2, 0) is 19.2 Å². The van der Waals surface area contributed by atoms with E-state index in [1.54, 1.807) is 16.4 Å². The van der Waals surface area contributed by atoms with Crippen LogP contribution in [0.3, 0.4) is 0 Å². The molecule has 2 aliphatic heterocycles. The normalized spacial score (nSPS) is 24.1. The zero-order valence-electron chi connectivity index (χ0n) is 23.1. The van der Waals surface area contributed by atoms with Gasteiger partial charge in [-0.05, 0) is 47.3 Å². The lowest BCUT2D eigenvalue weighted by Gasteiger charge is -2.44. The number of benzene rings is 3. The Morgan fingerprint density at radius 1 is 0.923 bits per heavy atom. The molecular weight excluding hydrogens is 637 g/mol. The summed E-state index contributed by atoms with van der Waals surface area (Å²) in [7, 11) is -6.59. The molecule has 0 saturated carbocycles. The van der Waals surface area contributed by atoms with Crippen molar-refractivity contribution in [3.63, 3.8) is 0 Å². The molecule has 3 aromatic rings. The molecule has 5 rings (SSSR count). The van der Waals surface area contributed by atoms with E-state index < -0.39 is 24.6 Å². The Bertz CT molecular complexity index is 1320. The van der Waals surface area contributed by atoms with Crippen molar-refractivity contribution >= 4 is 51.3 Å². The minimum absolute atomic E-state index is 0.0786. The van der Waals surface area contributed by atoms with E-state index in [0.717, 1.165) is 22.8 Å². The van der Waals surface area contributed by atoms with E-state index in [4.69, 9.17) is 9.16 Å². The van der Waals surface area contributed by atoms with Crippen molar-refractivity contribution in [2.75, 3.05) is 11.0 Å². The fourth-order valence-electron chi connectivity index (χ4n) is 6.35. The average Bonchev–Trinajstić information content (AvgIpc) is 3.47. The molecule has 2 heterocycles. The molecule has 0 bridgehead atoms. The second kappa shape index (κ2) is 11.4. The van der Waals surface area contributed by atoms with Gasteiger partial charge in [0.25, 0.3) is 8.32 Å². The minimum Gasteiger partial charge on any atom is -0.406 e. The average molecular weight is 676 g/mol. The lowest BCUT2D eigenvalue weighted by Crippen LogP contribution is -2.67. The minimum atomic E-state index is -3.78. The maximum atomic E-state index is 14.2. The Morgan fingerprint density at radius 3 is 2.00 bits per heavy atom. The zero-order chi connectivity index (χ0) is 27.8. The summed E-state index contributed by atoms with van der Waals surface area (Å²) in [6, 6.07) is 27.9. The van der Waals surface area contributed by atoms with Gasteiger partial charge < -0.3 is 9.16 Å². The van der Waals surface area contributed by atoms with Crippen LogP contribution in [0.15, 0.2) is 89.8 Å². The topological polar surface area (TPSA) is 55.8 Å². The Hall–Kier alpha value is -1.56. The van der Waals surface area contributed by atoms with Gasteiger partial charge >= 0.3 is 0 Å². The van der Waals surface area contributed by atoms with Gasteiger partial charge in [-0.15, -0.1) is 0 Å². The molecule has 0 amide bonds. The van der Waals surface area contributed by atoms with E-state index in [1.807, 2.05) is 31.2 Å². The molecule has 8 heteroatoms. The number of halogens is 1. The second-order valence-electron chi connectivity index (χ2n) is 11.8. The highest BCUT2D eigenvalue weighted by atomic mass is 127. The summed E-state index contributed by atoms with van der Waals surface area (Å²) in [6.07, 6.45) is 1.24. The SMILES string of the molecule is Cc1ccc(S(=O)(=O)N2[C@H](CO[Si](c3ccccc3)(c3ccccc3)C(C)(C)C)C[C@H]3C[C@@H](CI)O[C@H]32)cc1. The maximum absolute atomic E-state index is 14.2. The van der Waals surface area contributed by atoms with Crippen LogP contribution in [0.25, 0.3) is 0 Å². The molecule has 0 aromatic heterocycles. The van der Waals surface area contributed by atoms with Crippen LogP contribution in [0.5, 0.6) is 0 Å². The highest BCUT2D eigenvalue weighted by molar-refractivity contribution is 14.1. The van der Waals surface area contributed by atoms with E-state index >= 15 is 0 Å². The molecule has 0 unspecified atom stereocenters. The molecular formula is C31H38INO4SSi.